The Labute approximate surface area is 76.7 Å². The highest BCUT2D eigenvalue weighted by Gasteiger charge is 2.73. The van der Waals surface area contributed by atoms with E-state index in [1.54, 1.807) is 6.92 Å². The molecule has 0 spiro atoms. The van der Waals surface area contributed by atoms with Crippen molar-refractivity contribution in [3.8, 4) is 0 Å². The van der Waals surface area contributed by atoms with Crippen molar-refractivity contribution in [2.45, 2.75) is 24.8 Å². The number of hydrogen-bond donors (Lipinski definition) is 1. The Hall–Kier alpha value is -0.240. The van der Waals surface area contributed by atoms with Gasteiger partial charge in [0.15, 0.2) is 0 Å². The number of nitrogens with one attached hydrogen (secondary N) is 1. The standard InChI is InChI=1S/C9H12ClNO/c1-3(12)11-9-5-2-4-6(7(4)9)8(5)10/h4-9H,2H2,1H3,(H,11,12)/t4-,5+,6?,7?,8-,9+/m1/s1. The zero-order valence-corrected chi connectivity index (χ0v) is 7.71. The van der Waals surface area contributed by atoms with Crippen LogP contribution in [0.25, 0.3) is 0 Å². The van der Waals surface area contributed by atoms with Crippen LogP contribution in [0.3, 0.4) is 0 Å². The monoisotopic (exact) mass is 185 g/mol. The molecule has 0 aromatic heterocycles. The second kappa shape index (κ2) is 1.98. The molecule has 12 heavy (non-hydrogen) atoms. The van der Waals surface area contributed by atoms with Crippen LogP contribution in [0.4, 0.5) is 0 Å². The van der Waals surface area contributed by atoms with Gasteiger partial charge in [0.1, 0.15) is 0 Å². The number of hydrogen-bond acceptors (Lipinski definition) is 1. The Morgan fingerprint density at radius 2 is 2.17 bits per heavy atom. The fourth-order valence-electron chi connectivity index (χ4n) is 3.49. The van der Waals surface area contributed by atoms with Crippen LogP contribution in [-0.4, -0.2) is 17.3 Å². The molecule has 66 valence electrons. The lowest BCUT2D eigenvalue weighted by molar-refractivity contribution is -0.119. The molecule has 0 aromatic carbocycles. The normalized spacial score (nSPS) is 58.8. The SMILES string of the molecule is CC(=O)N[C@@H]1C2C3[C@H]2C[C@H]1[C@H]3Cl. The molecule has 6 atom stereocenters. The average molecular weight is 186 g/mol. The van der Waals surface area contributed by atoms with Crippen LogP contribution in [0.1, 0.15) is 13.3 Å². The number of amides is 1. The van der Waals surface area contributed by atoms with Gasteiger partial charge in [-0.05, 0) is 30.1 Å². The number of carbonyl (C=O) groups is 1. The zero-order chi connectivity index (χ0) is 8.46. The van der Waals surface area contributed by atoms with E-state index in [2.05, 4.69) is 5.32 Å². The summed E-state index contributed by atoms with van der Waals surface area (Å²) in [6.07, 6.45) is 1.26. The fourth-order valence-corrected chi connectivity index (χ4v) is 4.11. The minimum Gasteiger partial charge on any atom is -0.353 e. The van der Waals surface area contributed by atoms with Crippen LogP contribution in [0.15, 0.2) is 0 Å². The molecule has 0 heterocycles. The molecule has 4 saturated carbocycles. The molecular weight excluding hydrogens is 174 g/mol. The summed E-state index contributed by atoms with van der Waals surface area (Å²) < 4.78 is 0. The third kappa shape index (κ3) is 0.657. The van der Waals surface area contributed by atoms with Gasteiger partial charge in [0.05, 0.1) is 0 Å². The first-order valence-corrected chi connectivity index (χ1v) is 5.05. The predicted octanol–water partition coefficient (Wildman–Crippen LogP) is 0.994. The Morgan fingerprint density at radius 3 is 2.50 bits per heavy atom. The molecule has 0 saturated heterocycles. The molecule has 0 aliphatic heterocycles. The van der Waals surface area contributed by atoms with Gasteiger partial charge >= 0.3 is 0 Å². The van der Waals surface area contributed by atoms with E-state index in [1.165, 1.54) is 6.42 Å². The molecule has 1 amide bonds. The van der Waals surface area contributed by atoms with Crippen molar-refractivity contribution in [1.82, 2.24) is 5.32 Å². The molecule has 4 bridgehead atoms. The molecule has 4 fully saturated rings. The molecule has 2 unspecified atom stereocenters. The number of halogens is 1. The molecular formula is C9H12ClNO. The van der Waals surface area contributed by atoms with Crippen LogP contribution in [0.5, 0.6) is 0 Å². The lowest BCUT2D eigenvalue weighted by Crippen LogP contribution is -2.37. The molecule has 4 aliphatic carbocycles. The van der Waals surface area contributed by atoms with Gasteiger partial charge in [-0.1, -0.05) is 0 Å². The predicted molar refractivity (Wildman–Crippen MR) is 45.8 cm³/mol. The highest BCUT2D eigenvalue weighted by Crippen LogP contribution is 2.71. The second-order valence-electron chi connectivity index (χ2n) is 4.39. The van der Waals surface area contributed by atoms with Crippen LogP contribution in [0.2, 0.25) is 0 Å². The summed E-state index contributed by atoms with van der Waals surface area (Å²) in [5, 5.41) is 3.39. The molecule has 0 radical (unpaired) electrons. The Morgan fingerprint density at radius 1 is 1.42 bits per heavy atom. The molecule has 4 rings (SSSR count). The summed E-state index contributed by atoms with van der Waals surface area (Å²) >= 11 is 6.22. The maximum Gasteiger partial charge on any atom is 0.217 e. The van der Waals surface area contributed by atoms with Crippen LogP contribution >= 0.6 is 11.6 Å². The topological polar surface area (TPSA) is 29.1 Å². The van der Waals surface area contributed by atoms with E-state index in [-0.39, 0.29) is 5.91 Å². The van der Waals surface area contributed by atoms with Gasteiger partial charge in [-0.15, -0.1) is 11.6 Å². The summed E-state index contributed by atoms with van der Waals surface area (Å²) in [6.45, 7) is 1.59. The van der Waals surface area contributed by atoms with Crippen molar-refractivity contribution >= 4 is 17.5 Å². The molecule has 0 aromatic rings. The largest absolute Gasteiger partial charge is 0.353 e. The van der Waals surface area contributed by atoms with Gasteiger partial charge in [0.25, 0.3) is 0 Å². The summed E-state index contributed by atoms with van der Waals surface area (Å²) in [5.74, 6) is 3.02. The lowest BCUT2D eigenvalue weighted by atomic mass is 10.1. The van der Waals surface area contributed by atoms with Gasteiger partial charge in [-0.3, -0.25) is 4.79 Å². The minimum absolute atomic E-state index is 0.0991. The summed E-state index contributed by atoms with van der Waals surface area (Å²) in [4.78, 5) is 10.9. The molecule has 3 heteroatoms. The average Bonchev–Trinajstić information content (AvgIpc) is 2.34. The zero-order valence-electron chi connectivity index (χ0n) is 6.96. The van der Waals surface area contributed by atoms with Crippen LogP contribution in [-0.2, 0) is 4.79 Å². The van der Waals surface area contributed by atoms with Crippen molar-refractivity contribution in [2.24, 2.45) is 23.7 Å². The maximum absolute atomic E-state index is 10.9. The molecule has 4 aliphatic rings. The third-order valence-electron chi connectivity index (χ3n) is 3.86. The van der Waals surface area contributed by atoms with Gasteiger partial charge in [-0.2, -0.15) is 0 Å². The minimum atomic E-state index is 0.0991. The van der Waals surface area contributed by atoms with Crippen LogP contribution in [0, 0.1) is 23.7 Å². The number of carbonyl (C=O) groups excluding carboxylic acids is 1. The van der Waals surface area contributed by atoms with E-state index < -0.39 is 0 Å². The van der Waals surface area contributed by atoms with Gasteiger partial charge < -0.3 is 5.32 Å². The lowest BCUT2D eigenvalue weighted by Gasteiger charge is -2.16. The smallest absolute Gasteiger partial charge is 0.217 e. The van der Waals surface area contributed by atoms with Crippen molar-refractivity contribution in [1.29, 1.82) is 0 Å². The van der Waals surface area contributed by atoms with Gasteiger partial charge in [0.2, 0.25) is 5.91 Å². The first-order valence-electron chi connectivity index (χ1n) is 4.61. The maximum atomic E-state index is 10.9. The van der Waals surface area contributed by atoms with E-state index >= 15 is 0 Å². The van der Waals surface area contributed by atoms with Crippen LogP contribution < -0.4 is 5.32 Å². The Kier molecular flexibility index (Phi) is 1.19. The van der Waals surface area contributed by atoms with E-state index in [1.807, 2.05) is 0 Å². The summed E-state index contributed by atoms with van der Waals surface area (Å²) in [7, 11) is 0. The van der Waals surface area contributed by atoms with Crippen molar-refractivity contribution < 1.29 is 4.79 Å². The molecule has 1 N–H and O–H groups in total. The Balaban J connectivity index is 1.80. The van der Waals surface area contributed by atoms with E-state index in [0.717, 1.165) is 17.8 Å². The van der Waals surface area contributed by atoms with Crippen molar-refractivity contribution in [2.75, 3.05) is 0 Å². The fraction of sp³-hybridized carbons (Fsp3) is 0.889. The highest BCUT2D eigenvalue weighted by molar-refractivity contribution is 6.22. The van der Waals surface area contributed by atoms with E-state index in [9.17, 15) is 4.79 Å². The quantitative estimate of drug-likeness (QED) is 0.607. The molecule has 2 nitrogen and oxygen atoms in total. The van der Waals surface area contributed by atoms with Crippen molar-refractivity contribution in [3.63, 3.8) is 0 Å². The number of alkyl halides is 1. The van der Waals surface area contributed by atoms with Crippen molar-refractivity contribution in [3.05, 3.63) is 0 Å². The van der Waals surface area contributed by atoms with E-state index in [4.69, 9.17) is 11.6 Å². The summed E-state index contributed by atoms with van der Waals surface area (Å²) in [5.41, 5.74) is 0. The first-order chi connectivity index (χ1) is 5.70. The highest BCUT2D eigenvalue weighted by atomic mass is 35.5. The number of rotatable bonds is 1. The second-order valence-corrected chi connectivity index (χ2v) is 4.89. The first kappa shape index (κ1) is 7.19. The Bertz CT molecular complexity index is 255. The summed E-state index contributed by atoms with van der Waals surface area (Å²) in [6, 6.07) is 0.417. The van der Waals surface area contributed by atoms with Gasteiger partial charge in [0, 0.05) is 18.3 Å². The van der Waals surface area contributed by atoms with Gasteiger partial charge in [-0.25, -0.2) is 0 Å². The third-order valence-corrected chi connectivity index (χ3v) is 4.47. The van der Waals surface area contributed by atoms with E-state index in [0.29, 0.717) is 17.3 Å².